The maximum Gasteiger partial charge on any atom is 0.419 e. The van der Waals surface area contributed by atoms with Gasteiger partial charge in [0.15, 0.2) is 11.4 Å². The van der Waals surface area contributed by atoms with Gasteiger partial charge in [-0.25, -0.2) is 13.2 Å². The van der Waals surface area contributed by atoms with Crippen LogP contribution in [0.3, 0.4) is 0 Å². The SMILES string of the molecule is Cn1c(=O)oc2cc(S(=O)(=O)N3CCC4(CC3)OCCCO4)ccc21. The highest BCUT2D eigenvalue weighted by Gasteiger charge is 2.41. The molecule has 9 heteroatoms. The molecule has 2 aliphatic heterocycles. The van der Waals surface area contributed by atoms with E-state index >= 15 is 0 Å². The highest BCUT2D eigenvalue weighted by molar-refractivity contribution is 7.89. The Kier molecular flexibility index (Phi) is 3.99. The van der Waals surface area contributed by atoms with Gasteiger partial charge < -0.3 is 13.9 Å². The summed E-state index contributed by atoms with van der Waals surface area (Å²) in [5.41, 5.74) is 0.826. The van der Waals surface area contributed by atoms with Crippen LogP contribution in [0.4, 0.5) is 0 Å². The van der Waals surface area contributed by atoms with Crippen molar-refractivity contribution in [3.05, 3.63) is 28.7 Å². The molecule has 8 nitrogen and oxygen atoms in total. The van der Waals surface area contributed by atoms with Crippen molar-refractivity contribution in [3.63, 3.8) is 0 Å². The Morgan fingerprint density at radius 2 is 1.80 bits per heavy atom. The first kappa shape index (κ1) is 16.8. The maximum atomic E-state index is 12.9. The zero-order valence-corrected chi connectivity index (χ0v) is 14.8. The molecule has 25 heavy (non-hydrogen) atoms. The quantitative estimate of drug-likeness (QED) is 0.787. The zero-order valence-electron chi connectivity index (χ0n) is 13.9. The second-order valence-electron chi connectivity index (χ2n) is 6.42. The summed E-state index contributed by atoms with van der Waals surface area (Å²) in [6.45, 7) is 1.96. The van der Waals surface area contributed by atoms with Crippen LogP contribution in [0, 0.1) is 0 Å². The van der Waals surface area contributed by atoms with Crippen molar-refractivity contribution >= 4 is 21.1 Å². The van der Waals surface area contributed by atoms with Crippen LogP contribution in [0.25, 0.3) is 11.1 Å². The van der Waals surface area contributed by atoms with E-state index in [0.29, 0.717) is 44.7 Å². The standard InChI is InChI=1S/C16H20N2O6S/c1-17-13-4-3-12(11-14(13)24-15(17)19)25(20,21)18-7-5-16(6-8-18)22-9-2-10-23-16/h3-4,11H,2,5-10H2,1H3. The summed E-state index contributed by atoms with van der Waals surface area (Å²) in [4.78, 5) is 11.7. The van der Waals surface area contributed by atoms with E-state index in [2.05, 4.69) is 0 Å². The predicted octanol–water partition coefficient (Wildman–Crippen LogP) is 1.05. The van der Waals surface area contributed by atoms with Crippen molar-refractivity contribution in [1.29, 1.82) is 0 Å². The van der Waals surface area contributed by atoms with Crippen LogP contribution in [-0.2, 0) is 26.5 Å². The molecule has 1 aromatic heterocycles. The number of aromatic nitrogens is 1. The monoisotopic (exact) mass is 368 g/mol. The molecule has 4 rings (SSSR count). The minimum atomic E-state index is -3.66. The fraction of sp³-hybridized carbons (Fsp3) is 0.562. The van der Waals surface area contributed by atoms with Crippen LogP contribution in [0.1, 0.15) is 19.3 Å². The molecule has 1 aromatic carbocycles. The van der Waals surface area contributed by atoms with Gasteiger partial charge in [0, 0.05) is 39.0 Å². The summed E-state index contributed by atoms with van der Waals surface area (Å²) in [5.74, 6) is -1.16. The Labute approximate surface area is 145 Å². The Hall–Kier alpha value is -1.68. The maximum absolute atomic E-state index is 12.9. The van der Waals surface area contributed by atoms with Gasteiger partial charge >= 0.3 is 5.76 Å². The molecule has 0 saturated carbocycles. The molecule has 0 unspecified atom stereocenters. The summed E-state index contributed by atoms with van der Waals surface area (Å²) < 4.78 is 45.2. The second-order valence-corrected chi connectivity index (χ2v) is 8.36. The average molecular weight is 368 g/mol. The van der Waals surface area contributed by atoms with Crippen molar-refractivity contribution in [3.8, 4) is 0 Å². The number of benzene rings is 1. The van der Waals surface area contributed by atoms with Crippen LogP contribution >= 0.6 is 0 Å². The first-order valence-electron chi connectivity index (χ1n) is 8.29. The van der Waals surface area contributed by atoms with E-state index in [9.17, 15) is 13.2 Å². The summed E-state index contributed by atoms with van der Waals surface area (Å²) in [6, 6.07) is 4.50. The van der Waals surface area contributed by atoms with Gasteiger partial charge in [0.1, 0.15) is 0 Å². The lowest BCUT2D eigenvalue weighted by Gasteiger charge is -2.42. The number of aryl methyl sites for hydroxylation is 1. The van der Waals surface area contributed by atoms with Crippen molar-refractivity contribution < 1.29 is 22.3 Å². The van der Waals surface area contributed by atoms with Gasteiger partial charge in [-0.15, -0.1) is 0 Å². The zero-order chi connectivity index (χ0) is 17.7. The fourth-order valence-electron chi connectivity index (χ4n) is 3.40. The lowest BCUT2D eigenvalue weighted by molar-refractivity contribution is -0.280. The fourth-order valence-corrected chi connectivity index (χ4v) is 4.85. The van der Waals surface area contributed by atoms with Gasteiger partial charge in [0.05, 0.1) is 23.6 Å². The van der Waals surface area contributed by atoms with Gasteiger partial charge in [0.25, 0.3) is 0 Å². The second kappa shape index (κ2) is 5.94. The van der Waals surface area contributed by atoms with E-state index in [4.69, 9.17) is 13.9 Å². The van der Waals surface area contributed by atoms with Crippen molar-refractivity contribution in [2.24, 2.45) is 7.05 Å². The van der Waals surface area contributed by atoms with Gasteiger partial charge in [-0.1, -0.05) is 0 Å². The van der Waals surface area contributed by atoms with E-state index in [-0.39, 0.29) is 10.5 Å². The molecule has 0 amide bonds. The number of piperidine rings is 1. The van der Waals surface area contributed by atoms with Gasteiger partial charge in [-0.3, -0.25) is 4.57 Å². The smallest absolute Gasteiger partial charge is 0.408 e. The predicted molar refractivity (Wildman–Crippen MR) is 88.7 cm³/mol. The summed E-state index contributed by atoms with van der Waals surface area (Å²) in [6.07, 6.45) is 1.88. The third-order valence-corrected chi connectivity index (χ3v) is 6.80. The Morgan fingerprint density at radius 3 is 2.48 bits per heavy atom. The molecule has 0 radical (unpaired) electrons. The molecule has 136 valence electrons. The number of ether oxygens (including phenoxy) is 2. The molecular formula is C16H20N2O6S. The first-order chi connectivity index (χ1) is 11.9. The molecule has 2 saturated heterocycles. The van der Waals surface area contributed by atoms with Gasteiger partial charge in [-0.2, -0.15) is 4.31 Å². The van der Waals surface area contributed by atoms with E-state index in [1.165, 1.54) is 21.0 Å². The number of sulfonamides is 1. The molecule has 0 bridgehead atoms. The number of hydrogen-bond acceptors (Lipinski definition) is 6. The molecule has 0 aliphatic carbocycles. The highest BCUT2D eigenvalue weighted by atomic mass is 32.2. The van der Waals surface area contributed by atoms with Crippen LogP contribution in [0.15, 0.2) is 32.3 Å². The molecule has 3 heterocycles. The van der Waals surface area contributed by atoms with E-state index in [1.807, 2.05) is 0 Å². The summed E-state index contributed by atoms with van der Waals surface area (Å²) >= 11 is 0. The van der Waals surface area contributed by atoms with Crippen LogP contribution < -0.4 is 5.76 Å². The van der Waals surface area contributed by atoms with E-state index in [1.54, 1.807) is 13.1 Å². The number of rotatable bonds is 2. The lowest BCUT2D eigenvalue weighted by Crippen LogP contribution is -2.51. The van der Waals surface area contributed by atoms with Crippen molar-refractivity contribution in [2.45, 2.75) is 29.9 Å². The largest absolute Gasteiger partial charge is 0.419 e. The number of hydrogen-bond donors (Lipinski definition) is 0. The van der Waals surface area contributed by atoms with Crippen LogP contribution in [-0.4, -0.2) is 49.4 Å². The Balaban J connectivity index is 1.59. The van der Waals surface area contributed by atoms with Crippen LogP contribution in [0.5, 0.6) is 0 Å². The minimum Gasteiger partial charge on any atom is -0.408 e. The Bertz CT molecular complexity index is 945. The van der Waals surface area contributed by atoms with Gasteiger partial charge in [0.2, 0.25) is 10.0 Å². The van der Waals surface area contributed by atoms with Gasteiger partial charge in [-0.05, 0) is 18.6 Å². The topological polar surface area (TPSA) is 91.0 Å². The van der Waals surface area contributed by atoms with E-state index in [0.717, 1.165) is 6.42 Å². The minimum absolute atomic E-state index is 0.121. The molecule has 2 aromatic rings. The number of oxazole rings is 1. The van der Waals surface area contributed by atoms with Crippen LogP contribution in [0.2, 0.25) is 0 Å². The number of nitrogens with zero attached hydrogens (tertiary/aromatic N) is 2. The normalized spacial score (nSPS) is 21.8. The third kappa shape index (κ3) is 2.80. The number of fused-ring (bicyclic) bond motifs is 1. The lowest BCUT2D eigenvalue weighted by atomic mass is 10.0. The average Bonchev–Trinajstić information content (AvgIpc) is 2.90. The summed E-state index contributed by atoms with van der Waals surface area (Å²) in [7, 11) is -2.08. The first-order valence-corrected chi connectivity index (χ1v) is 9.73. The molecule has 2 aliphatic rings. The molecular weight excluding hydrogens is 348 g/mol. The third-order valence-electron chi connectivity index (χ3n) is 4.90. The molecule has 0 N–H and O–H groups in total. The van der Waals surface area contributed by atoms with Crippen molar-refractivity contribution in [2.75, 3.05) is 26.3 Å². The molecule has 1 spiro atoms. The van der Waals surface area contributed by atoms with Crippen molar-refractivity contribution in [1.82, 2.24) is 8.87 Å². The summed E-state index contributed by atoms with van der Waals surface area (Å²) in [5, 5.41) is 0. The van der Waals surface area contributed by atoms with E-state index < -0.39 is 21.6 Å². The highest BCUT2D eigenvalue weighted by Crippen LogP contribution is 2.33. The molecule has 2 fully saturated rings. The molecule has 0 atom stereocenters. The Morgan fingerprint density at radius 1 is 1.12 bits per heavy atom.